The van der Waals surface area contributed by atoms with Gasteiger partial charge in [-0.1, -0.05) is 30.3 Å². The highest BCUT2D eigenvalue weighted by Gasteiger charge is 2.26. The number of anilines is 1. The van der Waals surface area contributed by atoms with Gasteiger partial charge in [0.2, 0.25) is 0 Å². The number of rotatable bonds is 9. The Balaban J connectivity index is 1.80. The fourth-order valence-corrected chi connectivity index (χ4v) is 5.44. The average Bonchev–Trinajstić information content (AvgIpc) is 3.17. The lowest BCUT2D eigenvalue weighted by Crippen LogP contribution is -2.22. The molecule has 37 heavy (non-hydrogen) atoms. The smallest absolute Gasteiger partial charge is 0.341 e. The minimum atomic E-state index is -3.91. The third-order valence-electron chi connectivity index (χ3n) is 5.04. The summed E-state index contributed by atoms with van der Waals surface area (Å²) in [4.78, 5) is 48.1. The van der Waals surface area contributed by atoms with Crippen molar-refractivity contribution in [3.05, 3.63) is 75.3 Å². The number of carbonyl (C=O) groups is 3. The van der Waals surface area contributed by atoms with Crippen LogP contribution in [0.2, 0.25) is 0 Å². The van der Waals surface area contributed by atoms with Gasteiger partial charge in [-0.25, -0.2) is 18.0 Å². The van der Waals surface area contributed by atoms with Gasteiger partial charge in [-0.3, -0.25) is 14.9 Å². The Labute approximate surface area is 216 Å². The summed E-state index contributed by atoms with van der Waals surface area (Å²) in [7, 11) is -3.91. The Morgan fingerprint density at radius 3 is 2.32 bits per heavy atom. The standard InChI is InChI=1S/C24H22N2O9S2/c1-4-34-24(29)20-14(2)21(15-8-6-5-7-9-15)36-22(20)25-19(27)13-35-23(28)16-10-11-18(37(3,32)33)17(12-16)26(30)31/h5-12H,4,13H2,1-3H3,(H,25,27). The van der Waals surface area contributed by atoms with Crippen molar-refractivity contribution in [2.24, 2.45) is 0 Å². The highest BCUT2D eigenvalue weighted by Crippen LogP contribution is 2.40. The van der Waals surface area contributed by atoms with Crippen molar-refractivity contribution in [1.29, 1.82) is 0 Å². The first-order valence-electron chi connectivity index (χ1n) is 10.8. The zero-order valence-electron chi connectivity index (χ0n) is 20.0. The van der Waals surface area contributed by atoms with Crippen LogP contribution in [0.5, 0.6) is 0 Å². The van der Waals surface area contributed by atoms with Gasteiger partial charge in [0, 0.05) is 17.2 Å². The van der Waals surface area contributed by atoms with Gasteiger partial charge in [-0.2, -0.15) is 0 Å². The highest BCUT2D eigenvalue weighted by molar-refractivity contribution is 7.90. The summed E-state index contributed by atoms with van der Waals surface area (Å²) in [6.45, 7) is 2.75. The molecule has 0 saturated carbocycles. The van der Waals surface area contributed by atoms with Gasteiger partial charge in [-0.05, 0) is 37.1 Å². The summed E-state index contributed by atoms with van der Waals surface area (Å²) < 4.78 is 33.6. The van der Waals surface area contributed by atoms with Crippen LogP contribution in [0.25, 0.3) is 10.4 Å². The molecule has 0 bridgehead atoms. The van der Waals surface area contributed by atoms with Crippen molar-refractivity contribution in [3.63, 3.8) is 0 Å². The van der Waals surface area contributed by atoms with Crippen LogP contribution in [-0.4, -0.2) is 50.7 Å². The first-order valence-corrected chi connectivity index (χ1v) is 13.5. The van der Waals surface area contributed by atoms with E-state index in [4.69, 9.17) is 9.47 Å². The van der Waals surface area contributed by atoms with Crippen molar-refractivity contribution in [2.75, 3.05) is 24.8 Å². The second-order valence-corrected chi connectivity index (χ2v) is 10.7. The van der Waals surface area contributed by atoms with Crippen molar-refractivity contribution in [3.8, 4) is 10.4 Å². The van der Waals surface area contributed by atoms with E-state index in [2.05, 4.69) is 5.32 Å². The van der Waals surface area contributed by atoms with E-state index in [1.165, 1.54) is 0 Å². The molecule has 0 unspecified atom stereocenters. The molecule has 1 amide bonds. The lowest BCUT2D eigenvalue weighted by Gasteiger charge is -2.08. The van der Waals surface area contributed by atoms with Crippen molar-refractivity contribution in [2.45, 2.75) is 18.7 Å². The molecule has 2 aromatic carbocycles. The first-order chi connectivity index (χ1) is 17.4. The maximum absolute atomic E-state index is 12.6. The summed E-state index contributed by atoms with van der Waals surface area (Å²) in [5.74, 6) is -2.46. The Bertz CT molecular complexity index is 1480. The zero-order valence-corrected chi connectivity index (χ0v) is 21.6. The summed E-state index contributed by atoms with van der Waals surface area (Å²) in [6.07, 6.45) is 0.803. The van der Waals surface area contributed by atoms with Crippen molar-refractivity contribution >= 4 is 49.7 Å². The molecule has 0 spiro atoms. The number of carbonyl (C=O) groups excluding carboxylic acids is 3. The molecule has 13 heteroatoms. The number of thiophene rings is 1. The van der Waals surface area contributed by atoms with Crippen LogP contribution >= 0.6 is 11.3 Å². The predicted octanol–water partition coefficient (Wildman–Crippen LogP) is 4.01. The van der Waals surface area contributed by atoms with Gasteiger partial charge < -0.3 is 14.8 Å². The molecule has 1 aromatic heterocycles. The second kappa shape index (κ2) is 11.3. The first kappa shape index (κ1) is 27.5. The van der Waals surface area contributed by atoms with Gasteiger partial charge >= 0.3 is 11.9 Å². The van der Waals surface area contributed by atoms with E-state index in [1.54, 1.807) is 13.8 Å². The lowest BCUT2D eigenvalue weighted by atomic mass is 10.1. The molecular formula is C24H22N2O9S2. The van der Waals surface area contributed by atoms with E-state index in [-0.39, 0.29) is 22.7 Å². The fourth-order valence-electron chi connectivity index (χ4n) is 3.39. The molecule has 0 radical (unpaired) electrons. The van der Waals surface area contributed by atoms with E-state index < -0.39 is 49.8 Å². The number of esters is 2. The van der Waals surface area contributed by atoms with Gasteiger partial charge in [0.05, 0.1) is 22.7 Å². The van der Waals surface area contributed by atoms with E-state index >= 15 is 0 Å². The molecular weight excluding hydrogens is 524 g/mol. The number of nitro benzene ring substituents is 1. The molecule has 0 fully saturated rings. The van der Waals surface area contributed by atoms with E-state index in [0.717, 1.165) is 46.2 Å². The monoisotopic (exact) mass is 546 g/mol. The Morgan fingerprint density at radius 2 is 1.73 bits per heavy atom. The average molecular weight is 547 g/mol. The van der Waals surface area contributed by atoms with Crippen LogP contribution < -0.4 is 5.32 Å². The molecule has 11 nitrogen and oxygen atoms in total. The number of nitrogens with one attached hydrogen (secondary N) is 1. The Morgan fingerprint density at radius 1 is 1.05 bits per heavy atom. The minimum absolute atomic E-state index is 0.129. The number of hydrogen-bond acceptors (Lipinski definition) is 10. The molecule has 0 aliphatic rings. The fraction of sp³-hybridized carbons (Fsp3) is 0.208. The van der Waals surface area contributed by atoms with Gasteiger partial charge in [0.25, 0.3) is 11.6 Å². The van der Waals surface area contributed by atoms with E-state index in [9.17, 15) is 32.9 Å². The van der Waals surface area contributed by atoms with Crippen molar-refractivity contribution in [1.82, 2.24) is 0 Å². The molecule has 0 aliphatic heterocycles. The summed E-state index contributed by atoms with van der Waals surface area (Å²) >= 11 is 1.16. The Kier molecular flexibility index (Phi) is 8.40. The molecule has 0 atom stereocenters. The van der Waals surface area contributed by atoms with E-state index in [0.29, 0.717) is 5.56 Å². The third kappa shape index (κ3) is 6.37. The van der Waals surface area contributed by atoms with Crippen LogP contribution in [0.15, 0.2) is 53.4 Å². The topological polar surface area (TPSA) is 159 Å². The molecule has 1 heterocycles. The van der Waals surface area contributed by atoms with Gasteiger partial charge in [0.1, 0.15) is 9.90 Å². The number of nitrogens with zero attached hydrogens (tertiary/aromatic N) is 1. The SMILES string of the molecule is CCOC(=O)c1c(NC(=O)COC(=O)c2ccc(S(C)(=O)=O)c([N+](=O)[O-])c2)sc(-c2ccccc2)c1C. The number of benzene rings is 2. The van der Waals surface area contributed by atoms with Crippen LogP contribution in [-0.2, 0) is 24.1 Å². The number of sulfone groups is 1. The largest absolute Gasteiger partial charge is 0.462 e. The summed E-state index contributed by atoms with van der Waals surface area (Å²) in [5, 5.41) is 14.0. The van der Waals surface area contributed by atoms with Crippen LogP contribution in [0.1, 0.15) is 33.2 Å². The van der Waals surface area contributed by atoms with Gasteiger partial charge in [0.15, 0.2) is 16.4 Å². The highest BCUT2D eigenvalue weighted by atomic mass is 32.2. The molecule has 0 saturated heterocycles. The minimum Gasteiger partial charge on any atom is -0.462 e. The van der Waals surface area contributed by atoms with Crippen molar-refractivity contribution < 1.29 is 37.2 Å². The van der Waals surface area contributed by atoms with Crippen LogP contribution in [0.4, 0.5) is 10.7 Å². The maximum atomic E-state index is 12.6. The predicted molar refractivity (Wildman–Crippen MR) is 136 cm³/mol. The zero-order chi connectivity index (χ0) is 27.3. The number of ether oxygens (including phenoxy) is 2. The van der Waals surface area contributed by atoms with Gasteiger partial charge in [-0.15, -0.1) is 11.3 Å². The normalized spacial score (nSPS) is 11.0. The summed E-state index contributed by atoms with van der Waals surface area (Å²) in [6, 6.07) is 12.0. The summed E-state index contributed by atoms with van der Waals surface area (Å²) in [5.41, 5.74) is 0.527. The number of amides is 1. The molecule has 3 rings (SSSR count). The number of hydrogen-bond donors (Lipinski definition) is 1. The quantitative estimate of drug-likeness (QED) is 0.238. The molecule has 194 valence electrons. The van der Waals surface area contributed by atoms with E-state index in [1.807, 2.05) is 30.3 Å². The van der Waals surface area contributed by atoms with Crippen LogP contribution in [0, 0.1) is 17.0 Å². The molecule has 0 aliphatic carbocycles. The maximum Gasteiger partial charge on any atom is 0.341 e. The lowest BCUT2D eigenvalue weighted by molar-refractivity contribution is -0.387. The Hall–Kier alpha value is -4.10. The molecule has 3 aromatic rings. The third-order valence-corrected chi connectivity index (χ3v) is 7.44. The second-order valence-electron chi connectivity index (χ2n) is 7.68. The molecule has 1 N–H and O–H groups in total. The number of nitro groups is 1. The van der Waals surface area contributed by atoms with Crippen LogP contribution in [0.3, 0.4) is 0 Å².